The Kier molecular flexibility index (Phi) is 4.37. The van der Waals surface area contributed by atoms with Gasteiger partial charge in [0.1, 0.15) is 5.82 Å². The smallest absolute Gasteiger partial charge is 0.224 e. The molecule has 1 aliphatic rings. The number of anilines is 2. The molecule has 2 rings (SSSR count). The Balaban J connectivity index is 2.23. The standard InChI is InChI=1S/C12H19BrN4S/c1-4-14-11-15-7-9(13)10(16-11)17-5-6-18-12(2,3)8-17/h7H,4-6,8H2,1-3H3,(H,14,15,16). The fourth-order valence-corrected chi connectivity index (χ4v) is 3.57. The van der Waals surface area contributed by atoms with E-state index in [-0.39, 0.29) is 4.75 Å². The number of aromatic nitrogens is 2. The van der Waals surface area contributed by atoms with Crippen LogP contribution in [-0.2, 0) is 0 Å². The molecule has 0 spiro atoms. The van der Waals surface area contributed by atoms with Gasteiger partial charge in [0.2, 0.25) is 5.95 Å². The Morgan fingerprint density at radius 1 is 1.56 bits per heavy atom. The largest absolute Gasteiger partial charge is 0.354 e. The van der Waals surface area contributed by atoms with Gasteiger partial charge >= 0.3 is 0 Å². The molecular weight excluding hydrogens is 312 g/mol. The maximum absolute atomic E-state index is 4.60. The minimum atomic E-state index is 0.279. The van der Waals surface area contributed by atoms with Crippen molar-refractivity contribution < 1.29 is 0 Å². The van der Waals surface area contributed by atoms with E-state index in [1.54, 1.807) is 0 Å². The third-order valence-electron chi connectivity index (χ3n) is 2.79. The molecule has 1 aromatic rings. The van der Waals surface area contributed by atoms with Crippen LogP contribution in [0.2, 0.25) is 0 Å². The minimum absolute atomic E-state index is 0.279. The molecule has 1 aromatic heterocycles. The summed E-state index contributed by atoms with van der Waals surface area (Å²) in [6.45, 7) is 9.50. The van der Waals surface area contributed by atoms with Gasteiger partial charge in [-0.3, -0.25) is 0 Å². The summed E-state index contributed by atoms with van der Waals surface area (Å²) in [5.74, 6) is 2.83. The van der Waals surface area contributed by atoms with Crippen molar-refractivity contribution in [3.8, 4) is 0 Å². The number of rotatable bonds is 3. The first kappa shape index (κ1) is 13.9. The summed E-state index contributed by atoms with van der Waals surface area (Å²) in [5.41, 5.74) is 0. The van der Waals surface area contributed by atoms with Crippen LogP contribution >= 0.6 is 27.7 Å². The monoisotopic (exact) mass is 330 g/mol. The van der Waals surface area contributed by atoms with Gasteiger partial charge < -0.3 is 10.2 Å². The van der Waals surface area contributed by atoms with E-state index >= 15 is 0 Å². The molecule has 6 heteroatoms. The lowest BCUT2D eigenvalue weighted by Crippen LogP contribution is -2.43. The summed E-state index contributed by atoms with van der Waals surface area (Å²) in [6, 6.07) is 0. The van der Waals surface area contributed by atoms with E-state index in [1.807, 2.05) is 24.9 Å². The van der Waals surface area contributed by atoms with Crippen LogP contribution in [0.5, 0.6) is 0 Å². The number of hydrogen-bond donors (Lipinski definition) is 1. The molecule has 100 valence electrons. The molecule has 0 amide bonds. The zero-order chi connectivity index (χ0) is 13.2. The van der Waals surface area contributed by atoms with E-state index in [2.05, 4.69) is 50.0 Å². The molecule has 1 saturated heterocycles. The van der Waals surface area contributed by atoms with E-state index in [1.165, 1.54) is 0 Å². The Labute approximate surface area is 121 Å². The van der Waals surface area contributed by atoms with Crippen LogP contribution in [0.4, 0.5) is 11.8 Å². The van der Waals surface area contributed by atoms with E-state index in [4.69, 9.17) is 0 Å². The number of nitrogens with one attached hydrogen (secondary N) is 1. The molecule has 4 nitrogen and oxygen atoms in total. The third-order valence-corrected chi connectivity index (χ3v) is 4.64. The summed E-state index contributed by atoms with van der Waals surface area (Å²) in [6.07, 6.45) is 1.83. The van der Waals surface area contributed by atoms with Gasteiger partial charge in [0, 0.05) is 36.3 Å². The number of halogens is 1. The lowest BCUT2D eigenvalue weighted by atomic mass is 10.2. The van der Waals surface area contributed by atoms with Crippen molar-refractivity contribution in [3.63, 3.8) is 0 Å². The zero-order valence-electron chi connectivity index (χ0n) is 11.0. The molecule has 0 saturated carbocycles. The second-order valence-corrected chi connectivity index (χ2v) is 7.58. The van der Waals surface area contributed by atoms with Gasteiger partial charge in [-0.1, -0.05) is 0 Å². The first-order valence-corrected chi connectivity index (χ1v) is 7.95. The highest BCUT2D eigenvalue weighted by Crippen LogP contribution is 2.34. The lowest BCUT2D eigenvalue weighted by molar-refractivity contribution is 0.641. The van der Waals surface area contributed by atoms with E-state index < -0.39 is 0 Å². The lowest BCUT2D eigenvalue weighted by Gasteiger charge is -2.38. The highest BCUT2D eigenvalue weighted by Gasteiger charge is 2.28. The van der Waals surface area contributed by atoms with Crippen molar-refractivity contribution in [1.29, 1.82) is 0 Å². The molecule has 1 aliphatic heterocycles. The highest BCUT2D eigenvalue weighted by molar-refractivity contribution is 9.10. The van der Waals surface area contributed by atoms with Gasteiger partial charge in [-0.25, -0.2) is 4.98 Å². The number of nitrogens with zero attached hydrogens (tertiary/aromatic N) is 3. The predicted molar refractivity (Wildman–Crippen MR) is 82.6 cm³/mol. The molecule has 0 aromatic carbocycles. The van der Waals surface area contributed by atoms with Gasteiger partial charge in [-0.15, -0.1) is 0 Å². The molecule has 0 atom stereocenters. The predicted octanol–water partition coefficient (Wildman–Crippen LogP) is 3.00. The molecule has 0 unspecified atom stereocenters. The van der Waals surface area contributed by atoms with Gasteiger partial charge in [-0.05, 0) is 36.7 Å². The van der Waals surface area contributed by atoms with Gasteiger partial charge in [-0.2, -0.15) is 16.7 Å². The Hall–Kier alpha value is -0.490. The first-order valence-electron chi connectivity index (χ1n) is 6.17. The van der Waals surface area contributed by atoms with Gasteiger partial charge in [0.25, 0.3) is 0 Å². The summed E-state index contributed by atoms with van der Waals surface area (Å²) < 4.78 is 1.24. The van der Waals surface area contributed by atoms with E-state index in [0.29, 0.717) is 5.95 Å². The van der Waals surface area contributed by atoms with Crippen LogP contribution in [0.15, 0.2) is 10.7 Å². The number of hydrogen-bond acceptors (Lipinski definition) is 5. The van der Waals surface area contributed by atoms with Crippen LogP contribution in [0.1, 0.15) is 20.8 Å². The van der Waals surface area contributed by atoms with Crippen molar-refractivity contribution in [2.24, 2.45) is 0 Å². The van der Waals surface area contributed by atoms with Gasteiger partial charge in [0.15, 0.2) is 0 Å². The Morgan fingerprint density at radius 3 is 3.00 bits per heavy atom. The van der Waals surface area contributed by atoms with E-state index in [0.717, 1.165) is 35.7 Å². The summed E-state index contributed by atoms with van der Waals surface area (Å²) in [7, 11) is 0. The topological polar surface area (TPSA) is 41.1 Å². The maximum atomic E-state index is 4.60. The molecule has 2 heterocycles. The third kappa shape index (κ3) is 3.29. The second-order valence-electron chi connectivity index (χ2n) is 4.93. The van der Waals surface area contributed by atoms with Crippen molar-refractivity contribution in [2.75, 3.05) is 35.6 Å². The van der Waals surface area contributed by atoms with E-state index in [9.17, 15) is 0 Å². The summed E-state index contributed by atoms with van der Waals surface area (Å²) in [4.78, 5) is 11.2. The molecule has 1 N–H and O–H groups in total. The fraction of sp³-hybridized carbons (Fsp3) is 0.667. The fourth-order valence-electron chi connectivity index (χ4n) is 2.02. The van der Waals surface area contributed by atoms with Crippen LogP contribution in [0, 0.1) is 0 Å². The second kappa shape index (κ2) is 5.65. The molecule has 0 aliphatic carbocycles. The first-order chi connectivity index (χ1) is 8.52. The average molecular weight is 331 g/mol. The normalized spacial score (nSPS) is 18.8. The quantitative estimate of drug-likeness (QED) is 0.922. The minimum Gasteiger partial charge on any atom is -0.354 e. The molecule has 0 radical (unpaired) electrons. The molecular formula is C12H19BrN4S. The highest BCUT2D eigenvalue weighted by atomic mass is 79.9. The summed E-state index contributed by atoms with van der Waals surface area (Å²) in [5, 5.41) is 3.16. The van der Waals surface area contributed by atoms with Crippen molar-refractivity contribution in [2.45, 2.75) is 25.5 Å². The molecule has 18 heavy (non-hydrogen) atoms. The van der Waals surface area contributed by atoms with Crippen molar-refractivity contribution in [3.05, 3.63) is 10.7 Å². The van der Waals surface area contributed by atoms with Crippen LogP contribution in [-0.4, -0.2) is 40.1 Å². The van der Waals surface area contributed by atoms with Crippen molar-refractivity contribution in [1.82, 2.24) is 9.97 Å². The van der Waals surface area contributed by atoms with Crippen LogP contribution < -0.4 is 10.2 Å². The van der Waals surface area contributed by atoms with Crippen LogP contribution in [0.25, 0.3) is 0 Å². The Morgan fingerprint density at radius 2 is 2.33 bits per heavy atom. The SMILES string of the molecule is CCNc1ncc(Br)c(N2CCSC(C)(C)C2)n1. The van der Waals surface area contributed by atoms with Gasteiger partial charge in [0.05, 0.1) is 4.47 Å². The average Bonchev–Trinajstić information content (AvgIpc) is 2.30. The van der Waals surface area contributed by atoms with Crippen LogP contribution in [0.3, 0.4) is 0 Å². The number of thioether (sulfide) groups is 1. The molecule has 0 bridgehead atoms. The Bertz CT molecular complexity index is 425. The van der Waals surface area contributed by atoms with Crippen molar-refractivity contribution >= 4 is 39.5 Å². The zero-order valence-corrected chi connectivity index (χ0v) is 13.4. The summed E-state index contributed by atoms with van der Waals surface area (Å²) >= 11 is 5.58. The maximum Gasteiger partial charge on any atom is 0.224 e. The molecule has 1 fully saturated rings.